The largest absolute Gasteiger partial charge is 0.511 e. The molecule has 2 fully saturated rings. The van der Waals surface area contributed by atoms with Gasteiger partial charge in [0.1, 0.15) is 0 Å². The zero-order valence-corrected chi connectivity index (χ0v) is 21.1. The third kappa shape index (κ3) is 7.97. The molecule has 30 heavy (non-hydrogen) atoms. The molecular formula is C18H35F3IN5O2S. The summed E-state index contributed by atoms with van der Waals surface area (Å²) in [7, 11) is -3.58. The Morgan fingerprint density at radius 1 is 1.17 bits per heavy atom. The SMILES string of the molecule is CN=C(NCC1CCCN(CC(C)C)C1)NC1CCN(S(=O)(=O)C(F)(F)F)CC1.I. The second kappa shape index (κ2) is 12.0. The van der Waals surface area contributed by atoms with E-state index in [1.165, 1.54) is 6.42 Å². The lowest BCUT2D eigenvalue weighted by Crippen LogP contribution is -2.52. The van der Waals surface area contributed by atoms with Crippen molar-refractivity contribution < 1.29 is 21.6 Å². The number of likely N-dealkylation sites (tertiary alicyclic amines) is 1. The molecule has 1 atom stereocenters. The second-order valence-corrected chi connectivity index (χ2v) is 10.3. The van der Waals surface area contributed by atoms with E-state index in [-0.39, 0.29) is 43.1 Å². The fourth-order valence-corrected chi connectivity index (χ4v) is 5.00. The van der Waals surface area contributed by atoms with Gasteiger partial charge in [-0.25, -0.2) is 8.42 Å². The Balaban J connectivity index is 0.00000450. The number of aliphatic imine (C=N–C) groups is 1. The number of nitrogens with zero attached hydrogens (tertiary/aromatic N) is 3. The van der Waals surface area contributed by atoms with E-state index in [9.17, 15) is 21.6 Å². The van der Waals surface area contributed by atoms with E-state index < -0.39 is 15.5 Å². The molecule has 2 N–H and O–H groups in total. The predicted octanol–water partition coefficient (Wildman–Crippen LogP) is 2.45. The second-order valence-electron chi connectivity index (χ2n) is 8.38. The molecule has 0 amide bonds. The van der Waals surface area contributed by atoms with Crippen LogP contribution in [-0.2, 0) is 10.0 Å². The first-order valence-corrected chi connectivity index (χ1v) is 11.7. The van der Waals surface area contributed by atoms with Gasteiger partial charge >= 0.3 is 15.5 Å². The Morgan fingerprint density at radius 3 is 2.33 bits per heavy atom. The molecule has 7 nitrogen and oxygen atoms in total. The molecule has 2 aliphatic heterocycles. The van der Waals surface area contributed by atoms with Crippen LogP contribution in [0.5, 0.6) is 0 Å². The van der Waals surface area contributed by atoms with Crippen molar-refractivity contribution >= 4 is 40.0 Å². The van der Waals surface area contributed by atoms with E-state index in [4.69, 9.17) is 0 Å². The van der Waals surface area contributed by atoms with Gasteiger partial charge in [0.2, 0.25) is 0 Å². The molecule has 0 spiro atoms. The first-order chi connectivity index (χ1) is 13.5. The Morgan fingerprint density at radius 2 is 1.80 bits per heavy atom. The van der Waals surface area contributed by atoms with E-state index in [0.29, 0.717) is 34.9 Å². The topological polar surface area (TPSA) is 77.0 Å². The molecule has 1 unspecified atom stereocenters. The van der Waals surface area contributed by atoms with Crippen molar-refractivity contribution in [3.05, 3.63) is 0 Å². The maximum absolute atomic E-state index is 12.7. The molecule has 2 aliphatic rings. The summed E-state index contributed by atoms with van der Waals surface area (Å²) in [5.74, 6) is 1.78. The van der Waals surface area contributed by atoms with Gasteiger partial charge in [-0.3, -0.25) is 4.99 Å². The summed E-state index contributed by atoms with van der Waals surface area (Å²) in [5.41, 5.74) is -5.24. The lowest BCUT2D eigenvalue weighted by molar-refractivity contribution is -0.0494. The minimum atomic E-state index is -5.24. The van der Waals surface area contributed by atoms with Gasteiger partial charge in [-0.05, 0) is 44.1 Å². The number of hydrogen-bond acceptors (Lipinski definition) is 4. The van der Waals surface area contributed by atoms with Crippen LogP contribution < -0.4 is 10.6 Å². The summed E-state index contributed by atoms with van der Waals surface area (Å²) in [6.45, 7) is 8.22. The van der Waals surface area contributed by atoms with E-state index in [2.05, 4.69) is 34.4 Å². The van der Waals surface area contributed by atoms with Gasteiger partial charge in [0.05, 0.1) is 0 Å². The maximum atomic E-state index is 12.7. The predicted molar refractivity (Wildman–Crippen MR) is 123 cm³/mol. The van der Waals surface area contributed by atoms with Crippen molar-refractivity contribution in [2.45, 2.75) is 51.1 Å². The van der Waals surface area contributed by atoms with Crippen LogP contribution in [0.15, 0.2) is 4.99 Å². The quantitative estimate of drug-likeness (QED) is 0.292. The first-order valence-electron chi connectivity index (χ1n) is 10.3. The van der Waals surface area contributed by atoms with Gasteiger partial charge in [-0.2, -0.15) is 17.5 Å². The van der Waals surface area contributed by atoms with Crippen molar-refractivity contribution in [3.63, 3.8) is 0 Å². The van der Waals surface area contributed by atoms with Gasteiger partial charge in [0, 0.05) is 45.8 Å². The third-order valence-corrected chi connectivity index (χ3v) is 7.07. The van der Waals surface area contributed by atoms with Crippen molar-refractivity contribution in [2.24, 2.45) is 16.8 Å². The van der Waals surface area contributed by atoms with Crippen molar-refractivity contribution in [2.75, 3.05) is 46.3 Å². The average Bonchev–Trinajstić information content (AvgIpc) is 2.64. The van der Waals surface area contributed by atoms with Crippen LogP contribution in [0.1, 0.15) is 39.5 Å². The van der Waals surface area contributed by atoms with Gasteiger partial charge in [0.15, 0.2) is 5.96 Å². The van der Waals surface area contributed by atoms with E-state index in [0.717, 1.165) is 32.6 Å². The summed E-state index contributed by atoms with van der Waals surface area (Å²) in [6.07, 6.45) is 2.95. The third-order valence-electron chi connectivity index (χ3n) is 5.44. The number of sulfonamides is 1. The number of piperidine rings is 2. The van der Waals surface area contributed by atoms with Gasteiger partial charge < -0.3 is 15.5 Å². The molecule has 0 radical (unpaired) electrons. The first kappa shape index (κ1) is 27.7. The normalized spacial score (nSPS) is 23.3. The molecule has 0 aromatic rings. The van der Waals surface area contributed by atoms with Crippen LogP contribution in [0.25, 0.3) is 0 Å². The number of alkyl halides is 3. The van der Waals surface area contributed by atoms with Gasteiger partial charge in [0.25, 0.3) is 0 Å². The molecule has 0 bridgehead atoms. The molecule has 0 aromatic heterocycles. The molecule has 2 saturated heterocycles. The number of rotatable bonds is 6. The fourth-order valence-electron chi connectivity index (χ4n) is 4.02. The minimum Gasteiger partial charge on any atom is -0.356 e. The number of hydrogen-bond donors (Lipinski definition) is 2. The lowest BCUT2D eigenvalue weighted by atomic mass is 9.97. The van der Waals surface area contributed by atoms with Gasteiger partial charge in [-0.1, -0.05) is 13.8 Å². The number of nitrogens with one attached hydrogen (secondary N) is 2. The van der Waals surface area contributed by atoms with E-state index >= 15 is 0 Å². The molecule has 178 valence electrons. The van der Waals surface area contributed by atoms with Crippen LogP contribution in [0.2, 0.25) is 0 Å². The summed E-state index contributed by atoms with van der Waals surface area (Å²) in [4.78, 5) is 6.70. The molecule has 0 aromatic carbocycles. The zero-order valence-electron chi connectivity index (χ0n) is 17.9. The Kier molecular flexibility index (Phi) is 11.1. The van der Waals surface area contributed by atoms with Crippen LogP contribution in [0.3, 0.4) is 0 Å². The Bertz CT molecular complexity index is 653. The number of halogens is 4. The van der Waals surface area contributed by atoms with Crippen molar-refractivity contribution in [1.29, 1.82) is 0 Å². The monoisotopic (exact) mass is 569 g/mol. The lowest BCUT2D eigenvalue weighted by Gasteiger charge is -2.35. The van der Waals surface area contributed by atoms with Crippen LogP contribution >= 0.6 is 24.0 Å². The van der Waals surface area contributed by atoms with Crippen molar-refractivity contribution in [1.82, 2.24) is 19.8 Å². The van der Waals surface area contributed by atoms with Crippen LogP contribution in [0.4, 0.5) is 13.2 Å². The summed E-state index contributed by atoms with van der Waals surface area (Å²) in [5, 5.41) is 6.55. The van der Waals surface area contributed by atoms with Crippen molar-refractivity contribution in [3.8, 4) is 0 Å². The number of guanidine groups is 1. The van der Waals surface area contributed by atoms with Gasteiger partial charge in [-0.15, -0.1) is 24.0 Å². The smallest absolute Gasteiger partial charge is 0.356 e. The highest BCUT2D eigenvalue weighted by molar-refractivity contribution is 14.0. The minimum absolute atomic E-state index is 0. The highest BCUT2D eigenvalue weighted by Gasteiger charge is 2.50. The van der Waals surface area contributed by atoms with Crippen LogP contribution in [-0.4, -0.2) is 81.4 Å². The summed E-state index contributed by atoms with van der Waals surface area (Å²) in [6, 6.07) is -0.107. The Labute approximate surface area is 195 Å². The zero-order chi connectivity index (χ0) is 21.7. The molecular weight excluding hydrogens is 534 g/mol. The molecule has 0 saturated carbocycles. The summed E-state index contributed by atoms with van der Waals surface area (Å²) < 4.78 is 61.6. The molecule has 0 aliphatic carbocycles. The highest BCUT2D eigenvalue weighted by Crippen LogP contribution is 2.29. The molecule has 2 rings (SSSR count). The average molecular weight is 569 g/mol. The fraction of sp³-hybridized carbons (Fsp3) is 0.944. The molecule has 2 heterocycles. The van der Waals surface area contributed by atoms with E-state index in [1.54, 1.807) is 7.05 Å². The van der Waals surface area contributed by atoms with E-state index in [1.807, 2.05) is 0 Å². The maximum Gasteiger partial charge on any atom is 0.511 e. The Hall–Kier alpha value is -0.340. The standard InChI is InChI=1S/C18H34F3N5O2S.HI/c1-14(2)12-25-8-4-5-15(13-25)11-23-17(22-3)24-16-6-9-26(10-7-16)29(27,28)18(19,20)21;/h14-16H,4-13H2,1-3H3,(H2,22,23,24);1H. The van der Waals surface area contributed by atoms with Crippen LogP contribution in [0, 0.1) is 11.8 Å². The highest BCUT2D eigenvalue weighted by atomic mass is 127. The summed E-state index contributed by atoms with van der Waals surface area (Å²) >= 11 is 0. The molecule has 12 heteroatoms.